The van der Waals surface area contributed by atoms with Crippen molar-refractivity contribution in [3.8, 4) is 0 Å². The lowest BCUT2D eigenvalue weighted by Crippen LogP contribution is -2.28. The smallest absolute Gasteiger partial charge is 0.0127 e. The van der Waals surface area contributed by atoms with Crippen LogP contribution < -0.4 is 0 Å². The molecular weight excluding hydrogens is 134 g/mol. The van der Waals surface area contributed by atoms with Crippen LogP contribution in [0.4, 0.5) is 0 Å². The second-order valence-corrected chi connectivity index (χ2v) is 4.61. The fourth-order valence-electron chi connectivity index (χ4n) is 3.03. The second-order valence-electron chi connectivity index (χ2n) is 4.61. The Morgan fingerprint density at radius 1 is 1.27 bits per heavy atom. The third-order valence-electron chi connectivity index (χ3n) is 3.79. The number of nitrogens with zero attached hydrogens (tertiary/aromatic N) is 1. The Bertz CT molecular complexity index is 153. The molecule has 2 aliphatic rings. The zero-order valence-electron chi connectivity index (χ0n) is 7.88. The first-order valence-electron chi connectivity index (χ1n) is 4.92. The zero-order valence-corrected chi connectivity index (χ0v) is 7.88. The van der Waals surface area contributed by atoms with E-state index < -0.39 is 0 Å². The summed E-state index contributed by atoms with van der Waals surface area (Å²) in [7, 11) is 2.31. The molecule has 1 heteroatoms. The molecule has 3 atom stereocenters. The molecule has 1 unspecified atom stereocenters. The van der Waals surface area contributed by atoms with E-state index in [1.165, 1.54) is 19.3 Å². The van der Waals surface area contributed by atoms with Gasteiger partial charge >= 0.3 is 0 Å². The molecule has 1 nitrogen and oxygen atoms in total. The molecule has 0 N–H and O–H groups in total. The van der Waals surface area contributed by atoms with E-state index >= 15 is 0 Å². The summed E-state index contributed by atoms with van der Waals surface area (Å²) < 4.78 is 0. The summed E-state index contributed by atoms with van der Waals surface area (Å²) in [6, 6.07) is 1.87. The van der Waals surface area contributed by atoms with Gasteiger partial charge in [-0.3, -0.25) is 0 Å². The molecule has 0 saturated carbocycles. The number of fused-ring (bicyclic) bond motifs is 2. The Balaban J connectivity index is 2.09. The molecule has 0 aromatic carbocycles. The fraction of sp³-hybridized carbons (Fsp3) is 1.00. The van der Waals surface area contributed by atoms with Crippen LogP contribution in [0.5, 0.6) is 0 Å². The van der Waals surface area contributed by atoms with Crippen molar-refractivity contribution < 1.29 is 0 Å². The van der Waals surface area contributed by atoms with Gasteiger partial charge in [-0.1, -0.05) is 13.8 Å². The third kappa shape index (κ3) is 1.01. The maximum Gasteiger partial charge on any atom is 0.0127 e. The fourth-order valence-corrected chi connectivity index (χ4v) is 3.03. The van der Waals surface area contributed by atoms with Gasteiger partial charge in [-0.15, -0.1) is 0 Å². The average molecular weight is 153 g/mol. The first-order valence-corrected chi connectivity index (χ1v) is 4.92. The van der Waals surface area contributed by atoms with Gasteiger partial charge in [-0.05, 0) is 38.1 Å². The van der Waals surface area contributed by atoms with Crippen LogP contribution in [0.1, 0.15) is 33.1 Å². The lowest BCUT2D eigenvalue weighted by Gasteiger charge is -2.24. The molecule has 64 valence electrons. The van der Waals surface area contributed by atoms with E-state index in [2.05, 4.69) is 25.8 Å². The van der Waals surface area contributed by atoms with E-state index in [4.69, 9.17) is 0 Å². The van der Waals surface area contributed by atoms with E-state index in [0.29, 0.717) is 0 Å². The highest BCUT2D eigenvalue weighted by molar-refractivity contribution is 4.99. The van der Waals surface area contributed by atoms with Crippen molar-refractivity contribution in [1.82, 2.24) is 4.90 Å². The lowest BCUT2D eigenvalue weighted by molar-refractivity contribution is 0.254. The Kier molecular flexibility index (Phi) is 1.71. The highest BCUT2D eigenvalue weighted by Crippen LogP contribution is 2.43. The zero-order chi connectivity index (χ0) is 8.01. The van der Waals surface area contributed by atoms with Crippen LogP contribution in [0.3, 0.4) is 0 Å². The minimum Gasteiger partial charge on any atom is -0.300 e. The van der Waals surface area contributed by atoms with Crippen LogP contribution in [0.25, 0.3) is 0 Å². The molecule has 0 aromatic heterocycles. The summed E-state index contributed by atoms with van der Waals surface area (Å²) in [5.74, 6) is 1.89. The molecule has 0 spiro atoms. The summed E-state index contributed by atoms with van der Waals surface area (Å²) in [6.45, 7) is 4.75. The molecule has 2 saturated heterocycles. The van der Waals surface area contributed by atoms with Gasteiger partial charge in [0.05, 0.1) is 0 Å². The summed E-state index contributed by atoms with van der Waals surface area (Å²) >= 11 is 0. The molecule has 0 radical (unpaired) electrons. The lowest BCUT2D eigenvalue weighted by atomic mass is 9.82. The van der Waals surface area contributed by atoms with Crippen LogP contribution in [0.2, 0.25) is 0 Å². The van der Waals surface area contributed by atoms with Crippen molar-refractivity contribution in [3.05, 3.63) is 0 Å². The Morgan fingerprint density at radius 3 is 2.27 bits per heavy atom. The summed E-state index contributed by atoms with van der Waals surface area (Å²) in [5, 5.41) is 0. The third-order valence-corrected chi connectivity index (χ3v) is 3.79. The van der Waals surface area contributed by atoms with Gasteiger partial charge in [-0.25, -0.2) is 0 Å². The molecule has 2 heterocycles. The molecular formula is C10H19N. The number of rotatable bonds is 1. The van der Waals surface area contributed by atoms with Crippen LogP contribution in [0, 0.1) is 11.8 Å². The first-order chi connectivity index (χ1) is 5.20. The highest BCUT2D eigenvalue weighted by Gasteiger charge is 2.44. The Labute approximate surface area is 69.8 Å². The van der Waals surface area contributed by atoms with Gasteiger partial charge in [0.2, 0.25) is 0 Å². The maximum atomic E-state index is 2.62. The second kappa shape index (κ2) is 2.48. The van der Waals surface area contributed by atoms with Crippen LogP contribution in [0.15, 0.2) is 0 Å². The molecule has 11 heavy (non-hydrogen) atoms. The predicted octanol–water partition coefficient (Wildman–Crippen LogP) is 2.13. The molecule has 0 amide bonds. The van der Waals surface area contributed by atoms with Crippen molar-refractivity contribution >= 4 is 0 Å². The predicted molar refractivity (Wildman–Crippen MR) is 47.5 cm³/mol. The maximum absolute atomic E-state index is 2.62. The normalized spacial score (nSPS) is 44.2. The van der Waals surface area contributed by atoms with Crippen LogP contribution in [-0.2, 0) is 0 Å². The topological polar surface area (TPSA) is 3.24 Å². The van der Waals surface area contributed by atoms with Gasteiger partial charge in [0.15, 0.2) is 0 Å². The molecule has 2 bridgehead atoms. The monoisotopic (exact) mass is 153 g/mol. The quantitative estimate of drug-likeness (QED) is 0.558. The first kappa shape index (κ1) is 7.60. The summed E-state index contributed by atoms with van der Waals surface area (Å²) in [5.41, 5.74) is 0. The molecule has 2 aliphatic heterocycles. The summed E-state index contributed by atoms with van der Waals surface area (Å²) in [6.07, 6.45) is 4.40. The van der Waals surface area contributed by atoms with E-state index in [0.717, 1.165) is 23.9 Å². The summed E-state index contributed by atoms with van der Waals surface area (Å²) in [4.78, 5) is 2.62. The number of hydrogen-bond donors (Lipinski definition) is 0. The van der Waals surface area contributed by atoms with Crippen molar-refractivity contribution in [2.75, 3.05) is 7.05 Å². The Hall–Kier alpha value is -0.0400. The van der Waals surface area contributed by atoms with Crippen LogP contribution in [-0.4, -0.2) is 24.0 Å². The van der Waals surface area contributed by atoms with Gasteiger partial charge in [0.1, 0.15) is 0 Å². The van der Waals surface area contributed by atoms with E-state index in [-0.39, 0.29) is 0 Å². The molecule has 0 aliphatic carbocycles. The van der Waals surface area contributed by atoms with Gasteiger partial charge in [0, 0.05) is 12.1 Å². The molecule has 0 aromatic rings. The van der Waals surface area contributed by atoms with Crippen molar-refractivity contribution in [2.45, 2.75) is 45.2 Å². The average Bonchev–Trinajstić information content (AvgIpc) is 2.46. The Morgan fingerprint density at radius 2 is 2.00 bits per heavy atom. The van der Waals surface area contributed by atoms with Crippen molar-refractivity contribution in [1.29, 1.82) is 0 Å². The largest absolute Gasteiger partial charge is 0.300 e. The van der Waals surface area contributed by atoms with Crippen molar-refractivity contribution in [3.63, 3.8) is 0 Å². The van der Waals surface area contributed by atoms with Crippen molar-refractivity contribution in [2.24, 2.45) is 11.8 Å². The minimum atomic E-state index is 0.896. The van der Waals surface area contributed by atoms with E-state index in [9.17, 15) is 0 Å². The SMILES string of the molecule is CC(C)C1C[C@H]2CC[C@@H]1N2C. The minimum absolute atomic E-state index is 0.896. The van der Waals surface area contributed by atoms with E-state index in [1.54, 1.807) is 0 Å². The highest BCUT2D eigenvalue weighted by atomic mass is 15.2. The van der Waals surface area contributed by atoms with Gasteiger partial charge in [0.25, 0.3) is 0 Å². The molecule has 2 rings (SSSR count). The van der Waals surface area contributed by atoms with Gasteiger partial charge in [-0.2, -0.15) is 0 Å². The van der Waals surface area contributed by atoms with Gasteiger partial charge < -0.3 is 4.90 Å². The molecule has 2 fully saturated rings. The number of hydrogen-bond acceptors (Lipinski definition) is 1. The van der Waals surface area contributed by atoms with Crippen LogP contribution >= 0.6 is 0 Å². The standard InChI is InChI=1S/C10H19N/c1-7(2)9-6-8-4-5-10(9)11(8)3/h7-10H,4-6H2,1-3H3/t8-,9?,10+/m1/s1. The van der Waals surface area contributed by atoms with E-state index in [1.807, 2.05) is 0 Å².